The number of fused-ring (bicyclic) bond motifs is 1. The Morgan fingerprint density at radius 1 is 1.20 bits per heavy atom. The summed E-state index contributed by atoms with van der Waals surface area (Å²) in [6, 6.07) is 10.6. The number of rotatable bonds is 3. The molecule has 0 unspecified atom stereocenters. The minimum absolute atomic E-state index is 0.404. The van der Waals surface area contributed by atoms with Crippen LogP contribution in [-0.4, -0.2) is 16.0 Å². The summed E-state index contributed by atoms with van der Waals surface area (Å²) in [4.78, 5) is 5.12. The number of hydrogen-bond acceptors (Lipinski definition) is 3. The van der Waals surface area contributed by atoms with E-state index < -0.39 is 0 Å². The monoisotopic (exact) mass is 285 g/mol. The molecule has 1 fully saturated rings. The molecule has 20 heavy (non-hydrogen) atoms. The largest absolute Gasteiger partial charge is 0.389 e. The van der Waals surface area contributed by atoms with Gasteiger partial charge in [-0.3, -0.25) is 0 Å². The highest BCUT2D eigenvalue weighted by molar-refractivity contribution is 7.80. The van der Waals surface area contributed by atoms with Crippen molar-refractivity contribution in [2.24, 2.45) is 5.73 Å². The van der Waals surface area contributed by atoms with Gasteiger partial charge in [0.1, 0.15) is 10.8 Å². The molecule has 1 aliphatic rings. The van der Waals surface area contributed by atoms with Gasteiger partial charge in [0.25, 0.3) is 0 Å². The van der Waals surface area contributed by atoms with Crippen molar-refractivity contribution in [1.82, 2.24) is 4.98 Å². The van der Waals surface area contributed by atoms with Crippen molar-refractivity contribution in [2.75, 3.05) is 5.32 Å². The second kappa shape index (κ2) is 5.75. The van der Waals surface area contributed by atoms with E-state index in [0.29, 0.717) is 11.0 Å². The molecule has 3 rings (SSSR count). The summed E-state index contributed by atoms with van der Waals surface area (Å²) in [5.41, 5.74) is 7.69. The van der Waals surface area contributed by atoms with Gasteiger partial charge in [0.15, 0.2) is 0 Å². The van der Waals surface area contributed by atoms with Gasteiger partial charge in [0, 0.05) is 11.4 Å². The molecular weight excluding hydrogens is 266 g/mol. The van der Waals surface area contributed by atoms with Gasteiger partial charge in [-0.15, -0.1) is 0 Å². The van der Waals surface area contributed by atoms with Crippen LogP contribution in [0.25, 0.3) is 10.9 Å². The SMILES string of the molecule is NC(=S)c1cc2ccccc2nc1NC1CCCCC1. The lowest BCUT2D eigenvalue weighted by Gasteiger charge is -2.24. The summed E-state index contributed by atoms with van der Waals surface area (Å²) in [6.07, 6.45) is 6.31. The Bertz CT molecular complexity index is 633. The third-order valence-corrected chi connectivity index (χ3v) is 4.16. The molecule has 4 heteroatoms. The van der Waals surface area contributed by atoms with E-state index in [1.54, 1.807) is 0 Å². The van der Waals surface area contributed by atoms with Crippen LogP contribution >= 0.6 is 12.2 Å². The zero-order chi connectivity index (χ0) is 13.9. The molecule has 0 amide bonds. The number of benzene rings is 1. The Hall–Kier alpha value is -1.68. The van der Waals surface area contributed by atoms with E-state index in [-0.39, 0.29) is 0 Å². The topological polar surface area (TPSA) is 50.9 Å². The van der Waals surface area contributed by atoms with Crippen LogP contribution in [0, 0.1) is 0 Å². The molecule has 0 aliphatic heterocycles. The van der Waals surface area contributed by atoms with Gasteiger partial charge in [-0.25, -0.2) is 4.98 Å². The summed E-state index contributed by atoms with van der Waals surface area (Å²) in [5, 5.41) is 4.62. The Morgan fingerprint density at radius 2 is 1.95 bits per heavy atom. The van der Waals surface area contributed by atoms with E-state index in [9.17, 15) is 0 Å². The van der Waals surface area contributed by atoms with Crippen LogP contribution in [0.3, 0.4) is 0 Å². The summed E-state index contributed by atoms with van der Waals surface area (Å²) in [6.45, 7) is 0. The van der Waals surface area contributed by atoms with Crippen molar-refractivity contribution in [3.63, 3.8) is 0 Å². The average Bonchev–Trinajstić information content (AvgIpc) is 2.47. The molecule has 1 aromatic carbocycles. The van der Waals surface area contributed by atoms with E-state index in [0.717, 1.165) is 22.3 Å². The van der Waals surface area contributed by atoms with Gasteiger partial charge in [0.2, 0.25) is 0 Å². The van der Waals surface area contributed by atoms with E-state index in [2.05, 4.69) is 5.32 Å². The van der Waals surface area contributed by atoms with Crippen LogP contribution in [0.15, 0.2) is 30.3 Å². The number of nitrogens with two attached hydrogens (primary N) is 1. The second-order valence-corrected chi connectivity index (χ2v) is 5.86. The molecule has 1 saturated carbocycles. The predicted molar refractivity (Wildman–Crippen MR) is 88.1 cm³/mol. The molecule has 1 aromatic heterocycles. The summed E-state index contributed by atoms with van der Waals surface area (Å²) in [5.74, 6) is 0.836. The fourth-order valence-electron chi connectivity index (χ4n) is 2.85. The highest BCUT2D eigenvalue weighted by Gasteiger charge is 2.16. The molecule has 0 spiro atoms. The molecule has 1 aliphatic carbocycles. The second-order valence-electron chi connectivity index (χ2n) is 5.42. The molecular formula is C16H19N3S. The number of hydrogen-bond donors (Lipinski definition) is 2. The number of thiocarbonyl (C=S) groups is 1. The van der Waals surface area contributed by atoms with Gasteiger partial charge < -0.3 is 11.1 Å². The van der Waals surface area contributed by atoms with Gasteiger partial charge in [-0.1, -0.05) is 49.7 Å². The summed E-state index contributed by atoms with van der Waals surface area (Å²) in [7, 11) is 0. The van der Waals surface area contributed by atoms with Gasteiger partial charge >= 0.3 is 0 Å². The smallest absolute Gasteiger partial charge is 0.137 e. The predicted octanol–water partition coefficient (Wildman–Crippen LogP) is 3.61. The zero-order valence-corrected chi connectivity index (χ0v) is 12.2. The zero-order valence-electron chi connectivity index (χ0n) is 11.4. The first-order valence-electron chi connectivity index (χ1n) is 7.20. The minimum Gasteiger partial charge on any atom is -0.389 e. The summed E-state index contributed by atoms with van der Waals surface area (Å²) < 4.78 is 0. The Morgan fingerprint density at radius 3 is 2.70 bits per heavy atom. The highest BCUT2D eigenvalue weighted by atomic mass is 32.1. The van der Waals surface area contributed by atoms with Crippen molar-refractivity contribution >= 4 is 33.9 Å². The molecule has 1 heterocycles. The molecule has 0 bridgehead atoms. The van der Waals surface area contributed by atoms with E-state index in [1.165, 1.54) is 32.1 Å². The maximum atomic E-state index is 5.86. The van der Waals surface area contributed by atoms with Gasteiger partial charge in [-0.2, -0.15) is 0 Å². The van der Waals surface area contributed by atoms with Crippen molar-refractivity contribution < 1.29 is 0 Å². The van der Waals surface area contributed by atoms with Gasteiger partial charge in [0.05, 0.1) is 11.1 Å². The van der Waals surface area contributed by atoms with Crippen LogP contribution in [-0.2, 0) is 0 Å². The van der Waals surface area contributed by atoms with Crippen LogP contribution < -0.4 is 11.1 Å². The average molecular weight is 285 g/mol. The van der Waals surface area contributed by atoms with Crippen molar-refractivity contribution in [3.8, 4) is 0 Å². The quantitative estimate of drug-likeness (QED) is 0.846. The maximum Gasteiger partial charge on any atom is 0.137 e. The number of para-hydroxylation sites is 1. The molecule has 3 N–H and O–H groups in total. The van der Waals surface area contributed by atoms with Gasteiger partial charge in [-0.05, 0) is 25.0 Å². The molecule has 0 saturated heterocycles. The molecule has 0 atom stereocenters. The third kappa shape index (κ3) is 2.75. The lowest BCUT2D eigenvalue weighted by Crippen LogP contribution is -2.25. The van der Waals surface area contributed by atoms with E-state index in [1.807, 2.05) is 30.3 Å². The van der Waals surface area contributed by atoms with Crippen LogP contribution in [0.2, 0.25) is 0 Å². The number of aromatic nitrogens is 1. The fraction of sp³-hybridized carbons (Fsp3) is 0.375. The third-order valence-electron chi connectivity index (χ3n) is 3.94. The van der Waals surface area contributed by atoms with Crippen LogP contribution in [0.1, 0.15) is 37.7 Å². The standard InChI is InChI=1S/C16H19N3S/c17-15(20)13-10-11-6-4-5-9-14(11)19-16(13)18-12-7-2-1-3-8-12/h4-6,9-10,12H,1-3,7-8H2,(H2,17,20)(H,18,19). The molecule has 3 nitrogen and oxygen atoms in total. The summed E-state index contributed by atoms with van der Waals surface area (Å²) >= 11 is 5.18. The Balaban J connectivity index is 1.98. The van der Waals surface area contributed by atoms with Crippen molar-refractivity contribution in [2.45, 2.75) is 38.1 Å². The first kappa shape index (κ1) is 13.3. The minimum atomic E-state index is 0.404. The Labute approximate surface area is 124 Å². The van der Waals surface area contributed by atoms with Crippen LogP contribution in [0.5, 0.6) is 0 Å². The fourth-order valence-corrected chi connectivity index (χ4v) is 3.01. The first-order chi connectivity index (χ1) is 9.74. The molecule has 0 radical (unpaired) electrons. The number of anilines is 1. The molecule has 104 valence electrons. The highest BCUT2D eigenvalue weighted by Crippen LogP contribution is 2.25. The normalized spacial score (nSPS) is 16.2. The lowest BCUT2D eigenvalue weighted by molar-refractivity contribution is 0.462. The number of nitrogens with zero attached hydrogens (tertiary/aromatic N) is 1. The molecule has 2 aromatic rings. The maximum absolute atomic E-state index is 5.86. The number of nitrogens with one attached hydrogen (secondary N) is 1. The van der Waals surface area contributed by atoms with Crippen molar-refractivity contribution in [3.05, 3.63) is 35.9 Å². The van der Waals surface area contributed by atoms with Crippen molar-refractivity contribution in [1.29, 1.82) is 0 Å². The lowest BCUT2D eigenvalue weighted by atomic mass is 9.95. The first-order valence-corrected chi connectivity index (χ1v) is 7.61. The van der Waals surface area contributed by atoms with E-state index in [4.69, 9.17) is 22.9 Å². The number of pyridine rings is 1. The Kier molecular flexibility index (Phi) is 3.83. The van der Waals surface area contributed by atoms with Crippen LogP contribution in [0.4, 0.5) is 5.82 Å². The van der Waals surface area contributed by atoms with E-state index >= 15 is 0 Å².